The second kappa shape index (κ2) is 10.1. The number of fused-ring (bicyclic) bond motifs is 12. The lowest BCUT2D eigenvalue weighted by molar-refractivity contribution is 0.752. The average Bonchev–Trinajstić information content (AvgIpc) is 3.65. The molecule has 0 bridgehead atoms. The lowest BCUT2D eigenvalue weighted by Gasteiger charge is -2.45. The first-order valence-electron chi connectivity index (χ1n) is 16.4. The number of hydrogen-bond acceptors (Lipinski definition) is 3. The molecule has 0 radical (unpaired) electrons. The molecule has 1 aromatic heterocycles. The molecule has 4 nitrogen and oxygen atoms in total. The monoisotopic (exact) mass is 622 g/mol. The van der Waals surface area contributed by atoms with Gasteiger partial charge in [0, 0.05) is 22.1 Å². The van der Waals surface area contributed by atoms with Crippen molar-refractivity contribution in [1.82, 2.24) is 4.57 Å². The third-order valence-electron chi connectivity index (χ3n) is 10.4. The zero-order valence-corrected chi connectivity index (χ0v) is 26.3. The van der Waals surface area contributed by atoms with Crippen molar-refractivity contribution in [2.24, 2.45) is 0 Å². The van der Waals surface area contributed by atoms with Gasteiger partial charge in [0.05, 0.1) is 51.1 Å². The molecule has 7 aromatic carbocycles. The van der Waals surface area contributed by atoms with Crippen LogP contribution < -0.4 is 4.90 Å². The van der Waals surface area contributed by atoms with Gasteiger partial charge in [0.25, 0.3) is 0 Å². The highest BCUT2D eigenvalue weighted by atomic mass is 15.2. The topological polar surface area (TPSA) is 55.8 Å². The fourth-order valence-corrected chi connectivity index (χ4v) is 8.55. The van der Waals surface area contributed by atoms with E-state index in [1.807, 2.05) is 18.2 Å². The van der Waals surface area contributed by atoms with Gasteiger partial charge >= 0.3 is 0 Å². The summed E-state index contributed by atoms with van der Waals surface area (Å²) in [6.45, 7) is 0. The fraction of sp³-hybridized carbons (Fsp3) is 0.0222. The third-order valence-corrected chi connectivity index (χ3v) is 10.4. The van der Waals surface area contributed by atoms with Crippen LogP contribution in [0.3, 0.4) is 0 Å². The van der Waals surface area contributed by atoms with Gasteiger partial charge in [0.1, 0.15) is 0 Å². The number of benzene rings is 7. The van der Waals surface area contributed by atoms with Crippen LogP contribution in [0.5, 0.6) is 0 Å². The first-order chi connectivity index (χ1) is 24.2. The molecule has 4 heteroatoms. The minimum atomic E-state index is -0.592. The molecule has 0 fully saturated rings. The van der Waals surface area contributed by atoms with Gasteiger partial charge in [-0.25, -0.2) is 0 Å². The lowest BCUT2D eigenvalue weighted by Crippen LogP contribution is -2.36. The summed E-state index contributed by atoms with van der Waals surface area (Å²) in [7, 11) is 0. The molecule has 2 heterocycles. The van der Waals surface area contributed by atoms with Crippen LogP contribution in [0.1, 0.15) is 33.4 Å². The molecule has 1 spiro atoms. The number of nitrogens with zero attached hydrogens (tertiary/aromatic N) is 4. The van der Waals surface area contributed by atoms with E-state index in [-0.39, 0.29) is 0 Å². The van der Waals surface area contributed by atoms with E-state index in [0.29, 0.717) is 11.1 Å². The van der Waals surface area contributed by atoms with E-state index in [4.69, 9.17) is 0 Å². The lowest BCUT2D eigenvalue weighted by atomic mass is 9.64. The van der Waals surface area contributed by atoms with Crippen molar-refractivity contribution in [2.45, 2.75) is 5.41 Å². The van der Waals surface area contributed by atoms with Gasteiger partial charge in [-0.05, 0) is 100 Å². The zero-order chi connectivity index (χ0) is 32.7. The predicted molar refractivity (Wildman–Crippen MR) is 196 cm³/mol. The summed E-state index contributed by atoms with van der Waals surface area (Å²) in [5, 5.41) is 21.9. The second-order valence-corrected chi connectivity index (χ2v) is 12.8. The van der Waals surface area contributed by atoms with Crippen molar-refractivity contribution in [1.29, 1.82) is 10.5 Å². The maximum atomic E-state index is 10.0. The summed E-state index contributed by atoms with van der Waals surface area (Å²) in [5.74, 6) is 0. The Bertz CT molecular complexity index is 2720. The summed E-state index contributed by atoms with van der Waals surface area (Å²) in [4.78, 5) is 2.38. The molecule has 1 aliphatic carbocycles. The SMILES string of the molecule is N#Cc1ccc2c(c1)C1(c3ccccc3-2)c2ccccc2N(c2cccc(-n3c4ccccc4c4cc(C#N)ccc43)c2)c2ccccc21. The van der Waals surface area contributed by atoms with E-state index in [9.17, 15) is 10.5 Å². The Morgan fingerprint density at radius 1 is 0.429 bits per heavy atom. The fourth-order valence-electron chi connectivity index (χ4n) is 8.55. The minimum absolute atomic E-state index is 0.592. The van der Waals surface area contributed by atoms with Gasteiger partial charge in [-0.3, -0.25) is 0 Å². The van der Waals surface area contributed by atoms with E-state index in [1.165, 1.54) is 27.8 Å². The van der Waals surface area contributed by atoms with Gasteiger partial charge in [0.2, 0.25) is 0 Å². The first-order valence-corrected chi connectivity index (χ1v) is 16.4. The van der Waals surface area contributed by atoms with Crippen LogP contribution in [0, 0.1) is 22.7 Å². The maximum Gasteiger partial charge on any atom is 0.0991 e. The van der Waals surface area contributed by atoms with Crippen molar-refractivity contribution in [3.8, 4) is 29.0 Å². The number of para-hydroxylation sites is 3. The highest BCUT2D eigenvalue weighted by molar-refractivity contribution is 6.09. The predicted octanol–water partition coefficient (Wildman–Crippen LogP) is 10.7. The molecule has 0 saturated heterocycles. The van der Waals surface area contributed by atoms with Crippen LogP contribution in [0.25, 0.3) is 38.6 Å². The van der Waals surface area contributed by atoms with Crippen LogP contribution in [-0.2, 0) is 5.41 Å². The minimum Gasteiger partial charge on any atom is -0.310 e. The quantitative estimate of drug-likeness (QED) is 0.193. The Hall–Kier alpha value is -6.88. The molecular formula is C45H26N4. The smallest absolute Gasteiger partial charge is 0.0991 e. The summed E-state index contributed by atoms with van der Waals surface area (Å²) in [6.07, 6.45) is 0. The molecule has 8 aromatic rings. The Balaban J connectivity index is 1.25. The summed E-state index contributed by atoms with van der Waals surface area (Å²) >= 11 is 0. The van der Waals surface area contributed by atoms with Crippen LogP contribution in [-0.4, -0.2) is 4.57 Å². The molecule has 0 saturated carbocycles. The highest BCUT2D eigenvalue weighted by Gasteiger charge is 2.51. The van der Waals surface area contributed by atoms with Gasteiger partial charge in [-0.15, -0.1) is 0 Å². The van der Waals surface area contributed by atoms with Crippen molar-refractivity contribution < 1.29 is 0 Å². The Labute approximate surface area is 283 Å². The number of anilines is 3. The molecule has 0 amide bonds. The Kier molecular flexibility index (Phi) is 5.59. The summed E-state index contributed by atoms with van der Waals surface area (Å²) < 4.78 is 2.30. The van der Waals surface area contributed by atoms with Crippen LogP contribution >= 0.6 is 0 Å². The molecule has 0 unspecified atom stereocenters. The molecule has 10 rings (SSSR count). The number of hydrogen-bond donors (Lipinski definition) is 0. The number of rotatable bonds is 2. The van der Waals surface area contributed by atoms with Gasteiger partial charge < -0.3 is 9.47 Å². The van der Waals surface area contributed by atoms with Gasteiger partial charge in [0.15, 0.2) is 0 Å². The highest BCUT2D eigenvalue weighted by Crippen LogP contribution is 2.63. The van der Waals surface area contributed by atoms with E-state index in [2.05, 4.69) is 161 Å². The van der Waals surface area contributed by atoms with E-state index in [0.717, 1.165) is 50.1 Å². The van der Waals surface area contributed by atoms with E-state index < -0.39 is 5.41 Å². The summed E-state index contributed by atoms with van der Waals surface area (Å²) in [6, 6.07) is 60.1. The van der Waals surface area contributed by atoms with Crippen LogP contribution in [0.2, 0.25) is 0 Å². The molecular weight excluding hydrogens is 597 g/mol. The first kappa shape index (κ1) is 27.3. The van der Waals surface area contributed by atoms with Crippen molar-refractivity contribution >= 4 is 38.9 Å². The van der Waals surface area contributed by atoms with Crippen LogP contribution in [0.15, 0.2) is 158 Å². The van der Waals surface area contributed by atoms with Crippen molar-refractivity contribution in [2.75, 3.05) is 4.90 Å². The maximum absolute atomic E-state index is 10.0. The van der Waals surface area contributed by atoms with E-state index >= 15 is 0 Å². The number of nitriles is 2. The standard InChI is InChI=1S/C45H26N4/c46-27-29-21-23-42-36(24-29)35-13-2-6-17-41(35)48(42)31-10-9-11-32(26-31)49-43-18-7-4-15-38(43)45(39-16-5-8-19-44(39)49)37-14-3-1-12-33(37)34-22-20-30(28-47)25-40(34)45/h1-26H. The molecule has 2 aliphatic rings. The Morgan fingerprint density at radius 2 is 1.02 bits per heavy atom. The third kappa shape index (κ3) is 3.55. The second-order valence-electron chi connectivity index (χ2n) is 12.8. The van der Waals surface area contributed by atoms with Crippen molar-refractivity contribution in [3.63, 3.8) is 0 Å². The summed E-state index contributed by atoms with van der Waals surface area (Å²) in [5.41, 5.74) is 14.3. The molecule has 1 aliphatic heterocycles. The van der Waals surface area contributed by atoms with Crippen molar-refractivity contribution in [3.05, 3.63) is 191 Å². The molecule has 0 N–H and O–H groups in total. The van der Waals surface area contributed by atoms with Crippen LogP contribution in [0.4, 0.5) is 17.1 Å². The normalized spacial score (nSPS) is 13.4. The molecule has 226 valence electrons. The molecule has 0 atom stereocenters. The van der Waals surface area contributed by atoms with E-state index in [1.54, 1.807) is 0 Å². The zero-order valence-electron chi connectivity index (χ0n) is 26.3. The average molecular weight is 623 g/mol. The largest absolute Gasteiger partial charge is 0.310 e. The van der Waals surface area contributed by atoms with Gasteiger partial charge in [-0.2, -0.15) is 10.5 Å². The Morgan fingerprint density at radius 3 is 1.80 bits per heavy atom. The number of aromatic nitrogens is 1. The van der Waals surface area contributed by atoms with Gasteiger partial charge in [-0.1, -0.05) is 91.0 Å². The molecule has 49 heavy (non-hydrogen) atoms.